The number of amides is 2. The molecule has 2 amide bonds. The minimum absolute atomic E-state index is 0.00385. The molecule has 11 heteroatoms. The van der Waals surface area contributed by atoms with Crippen LogP contribution in [-0.4, -0.2) is 52.3 Å². The van der Waals surface area contributed by atoms with E-state index in [4.69, 9.17) is 38.5 Å². The molecule has 0 unspecified atom stereocenters. The fourth-order valence-corrected chi connectivity index (χ4v) is 3.96. The number of rotatable bonds is 10. The molecule has 0 aliphatic carbocycles. The van der Waals surface area contributed by atoms with Crippen LogP contribution in [-0.2, 0) is 16.1 Å². The van der Waals surface area contributed by atoms with Crippen molar-refractivity contribution in [2.24, 2.45) is 10.1 Å². The van der Waals surface area contributed by atoms with Crippen LogP contribution in [0.3, 0.4) is 0 Å². The second-order valence-corrected chi connectivity index (χ2v) is 9.93. The molecule has 38 heavy (non-hydrogen) atoms. The van der Waals surface area contributed by atoms with Crippen LogP contribution in [0, 0.1) is 0 Å². The van der Waals surface area contributed by atoms with E-state index >= 15 is 0 Å². The van der Waals surface area contributed by atoms with Crippen LogP contribution in [0.25, 0.3) is 0 Å². The Morgan fingerprint density at radius 3 is 2.26 bits per heavy atom. The Balaban J connectivity index is 2.46. The zero-order valence-corrected chi connectivity index (χ0v) is 23.3. The van der Waals surface area contributed by atoms with E-state index in [1.54, 1.807) is 70.2 Å². The summed E-state index contributed by atoms with van der Waals surface area (Å²) in [4.78, 5) is 35.9. The molecule has 0 saturated carbocycles. The number of carbonyl (C=O) groups is 2. The first kappa shape index (κ1) is 30.7. The molecule has 9 nitrogen and oxygen atoms in total. The summed E-state index contributed by atoms with van der Waals surface area (Å²) in [6, 6.07) is 10.1. The van der Waals surface area contributed by atoms with E-state index in [1.165, 1.54) is 0 Å². The van der Waals surface area contributed by atoms with Gasteiger partial charge in [0, 0.05) is 17.5 Å². The third-order valence-corrected chi connectivity index (χ3v) is 5.68. The molecule has 0 atom stereocenters. The van der Waals surface area contributed by atoms with Crippen molar-refractivity contribution in [3.8, 4) is 5.75 Å². The summed E-state index contributed by atoms with van der Waals surface area (Å²) in [6.07, 6.45) is 0.0866. The molecule has 0 saturated heterocycles. The molecule has 2 aromatic rings. The fraction of sp³-hybridized carbons (Fsp3) is 0.333. The Morgan fingerprint density at radius 2 is 1.76 bits per heavy atom. The van der Waals surface area contributed by atoms with Gasteiger partial charge in [-0.1, -0.05) is 41.0 Å². The Hall–Kier alpha value is -3.56. The molecule has 0 heterocycles. The number of nitrogens with zero attached hydrogens (tertiary/aromatic N) is 3. The molecule has 0 radical (unpaired) electrons. The summed E-state index contributed by atoms with van der Waals surface area (Å²) in [5.74, 6) is 0.00329. The lowest BCUT2D eigenvalue weighted by Gasteiger charge is -2.34. The number of anilines is 1. The molecule has 204 valence electrons. The van der Waals surface area contributed by atoms with Crippen molar-refractivity contribution in [3.05, 3.63) is 70.2 Å². The number of carbonyl (C=O) groups excluding carboxylic acids is 1. The highest BCUT2D eigenvalue weighted by Crippen LogP contribution is 2.30. The van der Waals surface area contributed by atoms with Gasteiger partial charge in [0.15, 0.2) is 0 Å². The Kier molecular flexibility index (Phi) is 11.2. The van der Waals surface area contributed by atoms with E-state index in [-0.39, 0.29) is 34.4 Å². The number of benzene rings is 2. The lowest BCUT2D eigenvalue weighted by Crippen LogP contribution is -2.49. The summed E-state index contributed by atoms with van der Waals surface area (Å²) >= 11 is 12.4. The minimum atomic E-state index is -1.27. The third kappa shape index (κ3) is 8.78. The predicted octanol–water partition coefficient (Wildman–Crippen LogP) is 6.22. The monoisotopic (exact) mass is 562 g/mol. The zero-order valence-electron chi connectivity index (χ0n) is 21.8. The van der Waals surface area contributed by atoms with Gasteiger partial charge in [-0.3, -0.25) is 9.69 Å². The van der Waals surface area contributed by atoms with Gasteiger partial charge in [0.25, 0.3) is 5.91 Å². The number of nitrogens with two attached hydrogens (primary N) is 1. The summed E-state index contributed by atoms with van der Waals surface area (Å²) in [7, 11) is 0. The third-order valence-electron chi connectivity index (χ3n) is 5.05. The molecule has 2 rings (SSSR count). The number of amidine groups is 1. The number of nitrogen functional groups attached to an aromatic ring is 1. The van der Waals surface area contributed by atoms with Gasteiger partial charge in [-0.2, -0.15) is 4.99 Å². The van der Waals surface area contributed by atoms with Crippen LogP contribution in [0.2, 0.25) is 10.0 Å². The summed E-state index contributed by atoms with van der Waals surface area (Å²) in [5, 5.41) is 14.5. The minimum Gasteiger partial charge on any atom is -0.490 e. The van der Waals surface area contributed by atoms with Crippen molar-refractivity contribution < 1.29 is 24.3 Å². The van der Waals surface area contributed by atoms with Gasteiger partial charge in [0.2, 0.25) is 0 Å². The first-order valence-corrected chi connectivity index (χ1v) is 12.5. The second-order valence-electron chi connectivity index (χ2n) is 9.12. The fourth-order valence-electron chi connectivity index (χ4n) is 3.43. The van der Waals surface area contributed by atoms with Crippen LogP contribution in [0.15, 0.2) is 59.2 Å². The zero-order chi connectivity index (χ0) is 28.5. The number of aliphatic imine (C=N–C) groups is 1. The normalized spacial score (nSPS) is 12.2. The maximum absolute atomic E-state index is 13.2. The van der Waals surface area contributed by atoms with Gasteiger partial charge >= 0.3 is 6.09 Å². The lowest BCUT2D eigenvalue weighted by molar-refractivity contribution is -0.116. The smallest absolute Gasteiger partial charge is 0.413 e. The van der Waals surface area contributed by atoms with Gasteiger partial charge in [0.05, 0.1) is 27.9 Å². The van der Waals surface area contributed by atoms with Gasteiger partial charge in [-0.25, -0.2) is 4.79 Å². The number of hydrogen-bond acceptors (Lipinski definition) is 6. The topological polar surface area (TPSA) is 127 Å². The van der Waals surface area contributed by atoms with E-state index in [0.29, 0.717) is 35.8 Å². The number of oxime groups is 1. The largest absolute Gasteiger partial charge is 0.490 e. The van der Waals surface area contributed by atoms with E-state index in [2.05, 4.69) is 16.7 Å². The van der Waals surface area contributed by atoms with E-state index < -0.39 is 17.5 Å². The molecular weight excluding hydrogens is 531 g/mol. The van der Waals surface area contributed by atoms with Crippen LogP contribution in [0.1, 0.15) is 45.2 Å². The summed E-state index contributed by atoms with van der Waals surface area (Å²) < 4.78 is 5.50. The van der Waals surface area contributed by atoms with E-state index in [0.717, 1.165) is 4.90 Å². The molecule has 2 aromatic carbocycles. The average Bonchev–Trinajstić information content (AvgIpc) is 2.83. The van der Waals surface area contributed by atoms with Crippen molar-refractivity contribution in [3.63, 3.8) is 0 Å². The van der Waals surface area contributed by atoms with Crippen LogP contribution in [0.4, 0.5) is 10.5 Å². The molecule has 0 fully saturated rings. The molecule has 0 aromatic heterocycles. The maximum atomic E-state index is 13.2. The first-order valence-electron chi connectivity index (χ1n) is 11.8. The highest BCUT2D eigenvalue weighted by atomic mass is 35.5. The molecule has 0 aliphatic heterocycles. The van der Waals surface area contributed by atoms with Gasteiger partial charge in [-0.05, 0) is 69.7 Å². The lowest BCUT2D eigenvalue weighted by atomic mass is 10.0. The number of carboxylic acid groups (broad SMARTS) is 1. The number of ether oxygens (including phenoxy) is 1. The van der Waals surface area contributed by atoms with E-state index in [1.807, 2.05) is 0 Å². The van der Waals surface area contributed by atoms with Crippen LogP contribution in [0.5, 0.6) is 5.75 Å². The number of halogens is 2. The highest BCUT2D eigenvalue weighted by Gasteiger charge is 2.32. The van der Waals surface area contributed by atoms with Gasteiger partial charge < -0.3 is 20.4 Å². The van der Waals surface area contributed by atoms with Crippen molar-refractivity contribution in [2.75, 3.05) is 18.9 Å². The second kappa shape index (κ2) is 13.8. The number of hydrogen-bond donors (Lipinski definition) is 2. The first-order chi connectivity index (χ1) is 17.9. The summed E-state index contributed by atoms with van der Waals surface area (Å²) in [5.41, 5.74) is 6.61. The van der Waals surface area contributed by atoms with Gasteiger partial charge in [0.1, 0.15) is 24.8 Å². The van der Waals surface area contributed by atoms with Gasteiger partial charge in [-0.15, -0.1) is 0 Å². The maximum Gasteiger partial charge on any atom is 0.413 e. The van der Waals surface area contributed by atoms with Crippen molar-refractivity contribution in [1.82, 2.24) is 4.90 Å². The molecule has 0 bridgehead atoms. The SMILES string of the molecule is C=CCOc1ccc(C(CC(=O)N=C(Cc2cc(Cl)c(N)c(Cl)c2)N(C(=O)O)C(C)(C)C)=NOCC)cc1. The molecule has 0 aliphatic rings. The van der Waals surface area contributed by atoms with Crippen molar-refractivity contribution in [1.29, 1.82) is 0 Å². The van der Waals surface area contributed by atoms with Crippen molar-refractivity contribution >= 4 is 52.4 Å². The van der Waals surface area contributed by atoms with Crippen LogP contribution < -0.4 is 10.5 Å². The van der Waals surface area contributed by atoms with Crippen LogP contribution >= 0.6 is 23.2 Å². The Morgan fingerprint density at radius 1 is 1.16 bits per heavy atom. The van der Waals surface area contributed by atoms with E-state index in [9.17, 15) is 14.7 Å². The summed E-state index contributed by atoms with van der Waals surface area (Å²) in [6.45, 7) is 11.1. The predicted molar refractivity (Wildman–Crippen MR) is 152 cm³/mol. The van der Waals surface area contributed by atoms with Crippen molar-refractivity contribution in [2.45, 2.75) is 46.1 Å². The molecular formula is C27H32Cl2N4O5. The Bertz CT molecular complexity index is 1200. The Labute approximate surface area is 232 Å². The quantitative estimate of drug-likeness (QED) is 0.116. The molecule has 0 spiro atoms. The molecule has 3 N–H and O–H groups in total. The standard InChI is InChI=1S/C27H32Cl2N4O5/c1-6-12-37-19-10-8-18(9-11-19)22(32-38-7-2)16-24(34)31-23(33(26(35)36)27(3,4)5)15-17-13-20(28)25(30)21(29)14-17/h6,8-11,13-14H,1,7,12,15-16,30H2,2-5H3,(H,35,36). The highest BCUT2D eigenvalue weighted by molar-refractivity contribution is 6.39. The average molecular weight is 563 g/mol.